The van der Waals surface area contributed by atoms with Gasteiger partial charge in [0.25, 0.3) is 0 Å². The topological polar surface area (TPSA) is 16.4 Å². The van der Waals surface area contributed by atoms with Gasteiger partial charge in [-0.05, 0) is 122 Å². The molecule has 0 fully saturated rings. The third kappa shape index (κ3) is 5.32. The minimum atomic E-state index is -0.549. The van der Waals surface area contributed by atoms with Crippen LogP contribution in [0.15, 0.2) is 192 Å². The van der Waals surface area contributed by atoms with E-state index in [1.807, 2.05) is 6.07 Å². The molecule has 0 saturated heterocycles. The zero-order chi connectivity index (χ0) is 39.9. The summed E-state index contributed by atoms with van der Waals surface area (Å²) in [5, 5.41) is 2.23. The fraction of sp³-hybridized carbons (Fsp3) is 0.158. The van der Waals surface area contributed by atoms with Crippen LogP contribution in [-0.2, 0) is 16.2 Å². The number of anilines is 3. The molecular weight excluding hydrogens is 715 g/mol. The summed E-state index contributed by atoms with van der Waals surface area (Å²) in [6.07, 6.45) is 2.29. The summed E-state index contributed by atoms with van der Waals surface area (Å²) in [6.45, 7) is 9.77. The molecular formula is C57H47NO. The van der Waals surface area contributed by atoms with Crippen LogP contribution in [0.2, 0.25) is 0 Å². The number of benzene rings is 8. The molecule has 2 aliphatic carbocycles. The van der Waals surface area contributed by atoms with Crippen molar-refractivity contribution in [3.8, 4) is 22.3 Å². The standard InChI is InChI=1S/C57H47NO/c1-55(2)33-34-56(3,4)54-44(27-18-29-49(54)55)46-36-45-42-25-14-16-28-48(42)57(38-19-8-5-9-20-38,39-21-10-6-11-22-39)50(45)37-51(46)58(40-23-12-7-13-24-40)41-31-32-53-47(35-41)43-26-15-17-30-52(43)59-53/h5-32,35-37H,33-34H2,1-4H3. The summed E-state index contributed by atoms with van der Waals surface area (Å²) in [4.78, 5) is 2.50. The molecule has 9 aromatic rings. The maximum atomic E-state index is 6.40. The largest absolute Gasteiger partial charge is 0.456 e. The number of para-hydroxylation sites is 2. The Hall–Kier alpha value is -6.64. The molecule has 0 unspecified atom stereocenters. The molecule has 0 N–H and O–H groups in total. The minimum absolute atomic E-state index is 0.0142. The maximum Gasteiger partial charge on any atom is 0.135 e. The van der Waals surface area contributed by atoms with Crippen molar-refractivity contribution in [1.82, 2.24) is 0 Å². The van der Waals surface area contributed by atoms with E-state index in [9.17, 15) is 0 Å². The first-order valence-electron chi connectivity index (χ1n) is 21.1. The van der Waals surface area contributed by atoms with Crippen molar-refractivity contribution in [3.63, 3.8) is 0 Å². The van der Waals surface area contributed by atoms with Gasteiger partial charge in [-0.2, -0.15) is 0 Å². The highest BCUT2D eigenvalue weighted by Gasteiger charge is 2.47. The van der Waals surface area contributed by atoms with E-state index in [1.165, 1.54) is 55.6 Å². The van der Waals surface area contributed by atoms with Crippen LogP contribution in [-0.4, -0.2) is 0 Å². The molecule has 1 aromatic heterocycles. The number of nitrogens with zero attached hydrogens (tertiary/aromatic N) is 1. The van der Waals surface area contributed by atoms with Crippen molar-refractivity contribution >= 4 is 39.0 Å². The predicted octanol–water partition coefficient (Wildman–Crippen LogP) is 15.4. The third-order valence-electron chi connectivity index (χ3n) is 13.6. The SMILES string of the molecule is CC1(C)CCC(C)(C)c2c(-c3cc4c(cc3N(c3ccccc3)c3ccc5oc6ccccc6c5c3)C(c3ccccc3)(c3ccccc3)c3ccccc3-4)cccc21. The number of fused-ring (bicyclic) bond motifs is 7. The van der Waals surface area contributed by atoms with Crippen molar-refractivity contribution in [2.24, 2.45) is 0 Å². The van der Waals surface area contributed by atoms with Crippen LogP contribution in [0.3, 0.4) is 0 Å². The first-order chi connectivity index (χ1) is 28.8. The molecule has 0 aliphatic heterocycles. The van der Waals surface area contributed by atoms with Crippen LogP contribution in [0.5, 0.6) is 0 Å². The van der Waals surface area contributed by atoms with Gasteiger partial charge in [0.2, 0.25) is 0 Å². The molecule has 2 nitrogen and oxygen atoms in total. The zero-order valence-electron chi connectivity index (χ0n) is 34.2. The molecule has 0 spiro atoms. The molecule has 2 heteroatoms. The Bertz CT molecular complexity index is 3010. The van der Waals surface area contributed by atoms with Crippen molar-refractivity contribution in [3.05, 3.63) is 221 Å². The van der Waals surface area contributed by atoms with E-state index in [0.29, 0.717) is 0 Å². The maximum absolute atomic E-state index is 6.40. The van der Waals surface area contributed by atoms with Gasteiger partial charge in [0.15, 0.2) is 0 Å². The Labute approximate surface area is 347 Å². The number of hydrogen-bond acceptors (Lipinski definition) is 2. The Morgan fingerprint density at radius 1 is 0.407 bits per heavy atom. The van der Waals surface area contributed by atoms with Gasteiger partial charge in [-0.3, -0.25) is 0 Å². The second kappa shape index (κ2) is 13.2. The van der Waals surface area contributed by atoms with E-state index in [1.54, 1.807) is 0 Å². The summed E-state index contributed by atoms with van der Waals surface area (Å²) < 4.78 is 6.40. The molecule has 59 heavy (non-hydrogen) atoms. The van der Waals surface area contributed by atoms with Gasteiger partial charge in [-0.1, -0.05) is 167 Å². The van der Waals surface area contributed by atoms with Crippen LogP contribution in [0.1, 0.15) is 73.9 Å². The molecule has 0 saturated carbocycles. The quantitative estimate of drug-likeness (QED) is 0.168. The first kappa shape index (κ1) is 35.5. The smallest absolute Gasteiger partial charge is 0.135 e. The van der Waals surface area contributed by atoms with E-state index in [-0.39, 0.29) is 10.8 Å². The average molecular weight is 762 g/mol. The summed E-state index contributed by atoms with van der Waals surface area (Å²) in [7, 11) is 0. The van der Waals surface area contributed by atoms with Crippen LogP contribution in [0.4, 0.5) is 17.1 Å². The van der Waals surface area contributed by atoms with Crippen molar-refractivity contribution < 1.29 is 4.42 Å². The molecule has 1 heterocycles. The third-order valence-corrected chi connectivity index (χ3v) is 13.6. The molecule has 11 rings (SSSR count). The summed E-state index contributed by atoms with van der Waals surface area (Å²) in [5.41, 5.74) is 17.8. The second-order valence-corrected chi connectivity index (χ2v) is 17.9. The fourth-order valence-corrected chi connectivity index (χ4v) is 10.7. The highest BCUT2D eigenvalue weighted by atomic mass is 16.3. The Morgan fingerprint density at radius 3 is 1.75 bits per heavy atom. The monoisotopic (exact) mass is 761 g/mol. The van der Waals surface area contributed by atoms with Crippen LogP contribution >= 0.6 is 0 Å². The van der Waals surface area contributed by atoms with Crippen molar-refractivity contribution in [2.75, 3.05) is 4.90 Å². The highest BCUT2D eigenvalue weighted by molar-refractivity contribution is 6.07. The van der Waals surface area contributed by atoms with Crippen molar-refractivity contribution in [1.29, 1.82) is 0 Å². The summed E-state index contributed by atoms with van der Waals surface area (Å²) in [6, 6.07) is 69.6. The van der Waals surface area contributed by atoms with E-state index in [4.69, 9.17) is 4.42 Å². The molecule has 0 radical (unpaired) electrons. The fourth-order valence-electron chi connectivity index (χ4n) is 10.7. The Morgan fingerprint density at radius 2 is 1.00 bits per heavy atom. The van der Waals surface area contributed by atoms with Crippen LogP contribution < -0.4 is 4.90 Å². The van der Waals surface area contributed by atoms with E-state index < -0.39 is 5.41 Å². The van der Waals surface area contributed by atoms with Gasteiger partial charge in [0.05, 0.1) is 11.1 Å². The van der Waals surface area contributed by atoms with Gasteiger partial charge >= 0.3 is 0 Å². The lowest BCUT2D eigenvalue weighted by molar-refractivity contribution is 0.333. The van der Waals surface area contributed by atoms with Crippen LogP contribution in [0.25, 0.3) is 44.2 Å². The lowest BCUT2D eigenvalue weighted by Gasteiger charge is -2.43. The molecule has 0 amide bonds. The Balaban J connectivity index is 1.30. The van der Waals surface area contributed by atoms with Crippen LogP contribution in [0, 0.1) is 0 Å². The Kier molecular flexibility index (Phi) is 7.94. The van der Waals surface area contributed by atoms with Gasteiger partial charge in [-0.25, -0.2) is 0 Å². The molecule has 0 atom stereocenters. The normalized spacial score (nSPS) is 15.7. The summed E-state index contributed by atoms with van der Waals surface area (Å²) in [5.74, 6) is 0. The molecule has 8 aromatic carbocycles. The molecule has 0 bridgehead atoms. The number of hydrogen-bond donors (Lipinski definition) is 0. The lowest BCUT2D eigenvalue weighted by Crippen LogP contribution is -2.34. The highest BCUT2D eigenvalue weighted by Crippen LogP contribution is 2.60. The lowest BCUT2D eigenvalue weighted by atomic mass is 9.61. The second-order valence-electron chi connectivity index (χ2n) is 17.9. The predicted molar refractivity (Wildman–Crippen MR) is 246 cm³/mol. The number of rotatable bonds is 6. The minimum Gasteiger partial charge on any atom is -0.456 e. The van der Waals surface area contributed by atoms with E-state index in [2.05, 4.69) is 215 Å². The van der Waals surface area contributed by atoms with E-state index >= 15 is 0 Å². The molecule has 286 valence electrons. The van der Waals surface area contributed by atoms with Gasteiger partial charge in [0, 0.05) is 27.7 Å². The first-order valence-corrected chi connectivity index (χ1v) is 21.1. The van der Waals surface area contributed by atoms with Gasteiger partial charge in [-0.15, -0.1) is 0 Å². The van der Waals surface area contributed by atoms with Gasteiger partial charge < -0.3 is 9.32 Å². The van der Waals surface area contributed by atoms with Gasteiger partial charge in [0.1, 0.15) is 11.2 Å². The zero-order valence-corrected chi connectivity index (χ0v) is 34.2. The van der Waals surface area contributed by atoms with E-state index in [0.717, 1.165) is 51.8 Å². The number of furan rings is 1. The average Bonchev–Trinajstić information content (AvgIpc) is 3.79. The summed E-state index contributed by atoms with van der Waals surface area (Å²) >= 11 is 0. The molecule has 2 aliphatic rings. The van der Waals surface area contributed by atoms with Crippen molar-refractivity contribution in [2.45, 2.75) is 56.8 Å².